The van der Waals surface area contributed by atoms with Crippen molar-refractivity contribution in [2.24, 2.45) is 0 Å². The highest BCUT2D eigenvalue weighted by atomic mass is 32.1. The van der Waals surface area contributed by atoms with E-state index in [2.05, 4.69) is 176 Å². The van der Waals surface area contributed by atoms with Crippen LogP contribution in [0.2, 0.25) is 0 Å². The summed E-state index contributed by atoms with van der Waals surface area (Å²) in [6.45, 7) is 0. The lowest BCUT2D eigenvalue weighted by molar-refractivity contribution is 1.31. The largest absolute Gasteiger partial charge is 0.252 e. The molecule has 9 aromatic carbocycles. The molecule has 0 unspecified atom stereocenters. The summed E-state index contributed by atoms with van der Waals surface area (Å²) in [4.78, 5) is 10.3. The Bertz CT molecular complexity index is 3190. The van der Waals surface area contributed by atoms with E-state index in [0.29, 0.717) is 0 Å². The molecular formula is C50H30N2S. The molecule has 0 aliphatic rings. The van der Waals surface area contributed by atoms with E-state index in [0.717, 1.165) is 38.6 Å². The topological polar surface area (TPSA) is 25.8 Å². The summed E-state index contributed by atoms with van der Waals surface area (Å²) in [5.41, 5.74) is 11.0. The van der Waals surface area contributed by atoms with Crippen molar-refractivity contribution in [3.63, 3.8) is 0 Å². The second-order valence-corrected chi connectivity index (χ2v) is 14.8. The van der Waals surface area contributed by atoms with Crippen LogP contribution in [0.5, 0.6) is 0 Å². The molecule has 11 aromatic rings. The first-order valence-corrected chi connectivity index (χ1v) is 18.8. The van der Waals surface area contributed by atoms with Crippen molar-refractivity contribution in [2.75, 3.05) is 0 Å². The average Bonchev–Trinajstić information content (AvgIpc) is 3.61. The molecule has 0 atom stereocenters. The third kappa shape index (κ3) is 4.86. The van der Waals surface area contributed by atoms with Crippen molar-refractivity contribution in [3.05, 3.63) is 182 Å². The number of thiophene rings is 1. The summed E-state index contributed by atoms with van der Waals surface area (Å²) in [5.74, 6) is 0. The minimum Gasteiger partial charge on any atom is -0.252 e. The lowest BCUT2D eigenvalue weighted by Gasteiger charge is -2.13. The molecule has 3 heteroatoms. The second-order valence-electron chi connectivity index (χ2n) is 13.7. The zero-order valence-corrected chi connectivity index (χ0v) is 29.4. The average molecular weight is 691 g/mol. The van der Waals surface area contributed by atoms with Crippen molar-refractivity contribution in [1.82, 2.24) is 9.97 Å². The summed E-state index contributed by atoms with van der Waals surface area (Å²) in [7, 11) is 0. The zero-order chi connectivity index (χ0) is 34.9. The fourth-order valence-electron chi connectivity index (χ4n) is 8.17. The fraction of sp³-hybridized carbons (Fsp3) is 0. The van der Waals surface area contributed by atoms with Gasteiger partial charge in [0, 0.05) is 36.5 Å². The maximum absolute atomic E-state index is 5.27. The van der Waals surface area contributed by atoms with Gasteiger partial charge < -0.3 is 0 Å². The van der Waals surface area contributed by atoms with E-state index in [1.165, 1.54) is 69.5 Å². The van der Waals surface area contributed by atoms with Gasteiger partial charge in [0.1, 0.15) is 0 Å². The first-order chi connectivity index (χ1) is 26.3. The number of benzene rings is 9. The highest BCUT2D eigenvalue weighted by Crippen LogP contribution is 2.40. The van der Waals surface area contributed by atoms with Crippen LogP contribution in [0, 0.1) is 0 Å². The molecule has 0 fully saturated rings. The van der Waals surface area contributed by atoms with Crippen LogP contribution in [-0.4, -0.2) is 9.97 Å². The van der Waals surface area contributed by atoms with Gasteiger partial charge in [0.15, 0.2) is 0 Å². The molecule has 0 radical (unpaired) electrons. The third-order valence-electron chi connectivity index (χ3n) is 10.7. The van der Waals surface area contributed by atoms with Gasteiger partial charge >= 0.3 is 0 Å². The van der Waals surface area contributed by atoms with Gasteiger partial charge in [-0.1, -0.05) is 152 Å². The Morgan fingerprint density at radius 2 is 0.868 bits per heavy atom. The summed E-state index contributed by atoms with van der Waals surface area (Å²) < 4.78 is 2.66. The molecule has 0 N–H and O–H groups in total. The van der Waals surface area contributed by atoms with Crippen LogP contribution in [0.3, 0.4) is 0 Å². The third-order valence-corrected chi connectivity index (χ3v) is 11.9. The zero-order valence-electron chi connectivity index (χ0n) is 28.6. The molecule has 2 nitrogen and oxygen atoms in total. The van der Waals surface area contributed by atoms with Crippen molar-refractivity contribution in [3.8, 4) is 44.6 Å². The van der Waals surface area contributed by atoms with E-state index in [9.17, 15) is 0 Å². The number of hydrogen-bond acceptors (Lipinski definition) is 3. The van der Waals surface area contributed by atoms with Crippen LogP contribution in [-0.2, 0) is 0 Å². The van der Waals surface area contributed by atoms with E-state index in [-0.39, 0.29) is 0 Å². The molecular weight excluding hydrogens is 661 g/mol. The molecule has 0 saturated carbocycles. The van der Waals surface area contributed by atoms with Gasteiger partial charge in [0.25, 0.3) is 0 Å². The van der Waals surface area contributed by atoms with Crippen LogP contribution in [0.1, 0.15) is 0 Å². The van der Waals surface area contributed by atoms with E-state index in [4.69, 9.17) is 9.97 Å². The quantitative estimate of drug-likeness (QED) is 0.172. The first kappa shape index (κ1) is 30.0. The number of fused-ring (bicyclic) bond motifs is 10. The SMILES string of the molecule is c1cc(-c2cnc3c4ccccc4c4ccccc4c3n2)cc(-c2cccc3c(-c4ccc(-c5ccc6sc7ccccc7c6c5)cc4)cccc23)c1. The Morgan fingerprint density at radius 3 is 1.62 bits per heavy atom. The molecule has 0 bridgehead atoms. The van der Waals surface area contributed by atoms with Crippen molar-refractivity contribution in [1.29, 1.82) is 0 Å². The molecule has 0 aliphatic heterocycles. The summed E-state index contributed by atoms with van der Waals surface area (Å²) in [6, 6.07) is 63.6. The fourth-order valence-corrected chi connectivity index (χ4v) is 9.26. The Kier molecular flexibility index (Phi) is 6.76. The molecule has 2 aromatic heterocycles. The summed E-state index contributed by atoms with van der Waals surface area (Å²) >= 11 is 1.86. The Balaban J connectivity index is 0.972. The van der Waals surface area contributed by atoms with E-state index in [1.54, 1.807) is 0 Å². The lowest BCUT2D eigenvalue weighted by Crippen LogP contribution is -1.92. The summed E-state index contributed by atoms with van der Waals surface area (Å²) in [6.07, 6.45) is 1.92. The Labute approximate surface area is 310 Å². The number of aromatic nitrogens is 2. The maximum atomic E-state index is 5.27. The van der Waals surface area contributed by atoms with Gasteiger partial charge in [-0.3, -0.25) is 4.98 Å². The minimum atomic E-state index is 0.868. The van der Waals surface area contributed by atoms with E-state index < -0.39 is 0 Å². The highest BCUT2D eigenvalue weighted by molar-refractivity contribution is 7.25. The maximum Gasteiger partial charge on any atom is 0.0979 e. The van der Waals surface area contributed by atoms with Gasteiger partial charge in [-0.25, -0.2) is 4.98 Å². The van der Waals surface area contributed by atoms with Gasteiger partial charge in [0.2, 0.25) is 0 Å². The first-order valence-electron chi connectivity index (χ1n) is 18.0. The number of rotatable bonds is 4. The predicted molar refractivity (Wildman–Crippen MR) is 227 cm³/mol. The minimum absolute atomic E-state index is 0.868. The van der Waals surface area contributed by atoms with Gasteiger partial charge in [-0.05, 0) is 79.2 Å². The van der Waals surface area contributed by atoms with Crippen molar-refractivity contribution in [2.45, 2.75) is 0 Å². The van der Waals surface area contributed by atoms with Crippen LogP contribution in [0.4, 0.5) is 0 Å². The molecule has 53 heavy (non-hydrogen) atoms. The second kappa shape index (κ2) is 11.9. The monoisotopic (exact) mass is 690 g/mol. The van der Waals surface area contributed by atoms with Crippen molar-refractivity contribution < 1.29 is 0 Å². The molecule has 2 heterocycles. The number of nitrogens with zero attached hydrogens (tertiary/aromatic N) is 2. The highest BCUT2D eigenvalue weighted by Gasteiger charge is 2.14. The standard InChI is InChI=1S/C50H30N2S/c1-3-15-43-40(12-1)41-13-2-4-16-44(41)50-49(43)51-30-46(52-50)35-11-7-10-34(28-35)37-18-9-19-38-36(17-8-20-39(37)38)32-24-22-31(23-25-32)33-26-27-48-45(29-33)42-14-5-6-21-47(42)53-48/h1-30H. The molecule has 246 valence electrons. The van der Waals surface area contributed by atoms with E-state index >= 15 is 0 Å². The molecule has 0 saturated heterocycles. The normalized spacial score (nSPS) is 11.8. The molecule has 11 rings (SSSR count). The Hall–Kier alpha value is -6.68. The predicted octanol–water partition coefficient (Wildman–Crippen LogP) is 14.1. The van der Waals surface area contributed by atoms with Gasteiger partial charge in [0.05, 0.1) is 22.9 Å². The smallest absolute Gasteiger partial charge is 0.0979 e. The summed E-state index contributed by atoms with van der Waals surface area (Å²) in [5, 5.41) is 9.77. The Morgan fingerprint density at radius 1 is 0.321 bits per heavy atom. The van der Waals surface area contributed by atoms with E-state index in [1.807, 2.05) is 17.5 Å². The van der Waals surface area contributed by atoms with Crippen molar-refractivity contribution >= 4 is 74.9 Å². The lowest BCUT2D eigenvalue weighted by atomic mass is 9.91. The van der Waals surface area contributed by atoms with Crippen LogP contribution < -0.4 is 0 Å². The molecule has 0 spiro atoms. The molecule has 0 amide bonds. The van der Waals surface area contributed by atoms with Gasteiger partial charge in [-0.2, -0.15) is 0 Å². The van der Waals surface area contributed by atoms with Crippen LogP contribution in [0.15, 0.2) is 182 Å². The van der Waals surface area contributed by atoms with Gasteiger partial charge in [-0.15, -0.1) is 11.3 Å². The van der Waals surface area contributed by atoms with Crippen LogP contribution >= 0.6 is 11.3 Å². The number of hydrogen-bond donors (Lipinski definition) is 0. The molecule has 0 aliphatic carbocycles. The van der Waals surface area contributed by atoms with Crippen LogP contribution in [0.25, 0.3) is 108 Å².